The number of hydrogen-bond acceptors (Lipinski definition) is 1. The maximum absolute atomic E-state index is 5.83. The second-order valence-corrected chi connectivity index (χ2v) is 3.91. The minimum atomic E-state index is 0.753. The van der Waals surface area contributed by atoms with Gasteiger partial charge in [0, 0.05) is 11.4 Å². The van der Waals surface area contributed by atoms with Gasteiger partial charge in [-0.15, -0.1) is 0 Å². The van der Waals surface area contributed by atoms with E-state index in [0.717, 1.165) is 21.9 Å². The van der Waals surface area contributed by atoms with E-state index in [2.05, 4.69) is 6.42 Å². The summed E-state index contributed by atoms with van der Waals surface area (Å²) in [6, 6.07) is 15.7. The molecule has 1 radical (unpaired) electrons. The molecule has 2 aromatic rings. The summed E-state index contributed by atoms with van der Waals surface area (Å²) in [6.45, 7) is 0. The first-order valence-corrected chi connectivity index (χ1v) is 5.40. The third-order valence-corrected chi connectivity index (χ3v) is 2.55. The predicted molar refractivity (Wildman–Crippen MR) is 67.0 cm³/mol. The average Bonchev–Trinajstić information content (AvgIpc) is 2.32. The molecule has 2 rings (SSSR count). The van der Waals surface area contributed by atoms with Crippen LogP contribution in [0.1, 0.15) is 11.1 Å². The Labute approximate surface area is 101 Å². The van der Waals surface area contributed by atoms with Crippen LogP contribution in [-0.2, 0) is 0 Å². The largest absolute Gasteiger partial charge is 0.497 e. The molecule has 0 aromatic heterocycles. The van der Waals surface area contributed by atoms with E-state index in [1.807, 2.05) is 48.5 Å². The van der Waals surface area contributed by atoms with Crippen molar-refractivity contribution in [1.29, 1.82) is 0 Å². The fraction of sp³-hybridized carbons (Fsp3) is 0.0714. The van der Waals surface area contributed by atoms with E-state index in [0.29, 0.717) is 0 Å². The first-order chi connectivity index (χ1) is 7.78. The Morgan fingerprint density at radius 3 is 2.44 bits per heavy atom. The molecule has 0 N–H and O–H groups in total. The Bertz CT molecular complexity index is 462. The number of ether oxygens (including phenoxy) is 1. The molecule has 0 spiro atoms. The molecular weight excluding hydrogens is 220 g/mol. The van der Waals surface area contributed by atoms with Crippen LogP contribution in [-0.4, -0.2) is 7.11 Å². The third kappa shape index (κ3) is 2.77. The highest BCUT2D eigenvalue weighted by molar-refractivity contribution is 6.30. The summed E-state index contributed by atoms with van der Waals surface area (Å²) in [5.74, 6) is 0.864. The summed E-state index contributed by atoms with van der Waals surface area (Å²) in [6.07, 6.45) is 2.08. The Morgan fingerprint density at radius 1 is 1.00 bits per heavy atom. The van der Waals surface area contributed by atoms with Gasteiger partial charge in [-0.1, -0.05) is 35.9 Å². The number of rotatable bonds is 3. The lowest BCUT2D eigenvalue weighted by Gasteiger charge is -2.04. The Balaban J connectivity index is 2.16. The van der Waals surface area contributed by atoms with Crippen molar-refractivity contribution >= 4 is 11.6 Å². The molecule has 0 fully saturated rings. The van der Waals surface area contributed by atoms with Crippen molar-refractivity contribution in [3.8, 4) is 5.75 Å². The predicted octanol–water partition coefficient (Wildman–Crippen LogP) is 3.95. The smallest absolute Gasteiger partial charge is 0.119 e. The highest BCUT2D eigenvalue weighted by Crippen LogP contribution is 2.18. The number of benzene rings is 2. The molecule has 0 amide bonds. The summed E-state index contributed by atoms with van der Waals surface area (Å²) >= 11 is 5.83. The molecule has 0 aliphatic heterocycles. The van der Waals surface area contributed by atoms with Gasteiger partial charge in [0.15, 0.2) is 0 Å². The van der Waals surface area contributed by atoms with Crippen LogP contribution in [0.15, 0.2) is 48.5 Å². The van der Waals surface area contributed by atoms with Crippen LogP contribution in [0.2, 0.25) is 5.02 Å². The molecule has 0 saturated carbocycles. The van der Waals surface area contributed by atoms with E-state index < -0.39 is 0 Å². The molecule has 0 unspecified atom stereocenters. The second-order valence-electron chi connectivity index (χ2n) is 3.47. The molecule has 2 heteroatoms. The van der Waals surface area contributed by atoms with Crippen molar-refractivity contribution < 1.29 is 4.74 Å². The molecule has 0 saturated heterocycles. The van der Waals surface area contributed by atoms with Crippen LogP contribution >= 0.6 is 11.6 Å². The van der Waals surface area contributed by atoms with Gasteiger partial charge < -0.3 is 4.74 Å². The van der Waals surface area contributed by atoms with Crippen LogP contribution in [0.5, 0.6) is 5.75 Å². The molecule has 0 heterocycles. The topological polar surface area (TPSA) is 9.23 Å². The molecule has 16 heavy (non-hydrogen) atoms. The van der Waals surface area contributed by atoms with Gasteiger partial charge in [0.1, 0.15) is 5.75 Å². The van der Waals surface area contributed by atoms with E-state index in [1.165, 1.54) is 0 Å². The zero-order valence-corrected chi connectivity index (χ0v) is 9.74. The van der Waals surface area contributed by atoms with Crippen molar-refractivity contribution in [3.05, 3.63) is 71.1 Å². The third-order valence-electron chi connectivity index (χ3n) is 2.30. The van der Waals surface area contributed by atoms with Crippen molar-refractivity contribution in [2.75, 3.05) is 7.11 Å². The number of hydrogen-bond donors (Lipinski definition) is 0. The lowest BCUT2D eigenvalue weighted by molar-refractivity contribution is 0.414. The molecule has 0 atom stereocenters. The summed E-state index contributed by atoms with van der Waals surface area (Å²) in [5.41, 5.74) is 2.24. The van der Waals surface area contributed by atoms with Gasteiger partial charge in [0.05, 0.1) is 7.11 Å². The lowest BCUT2D eigenvalue weighted by atomic mass is 10.1. The highest BCUT2D eigenvalue weighted by atomic mass is 35.5. The number of methoxy groups -OCH3 is 1. The normalized spacial score (nSPS) is 10.1. The standard InChI is InChI=1S/C14H12ClO/c1-16-14-4-2-3-12(10-14)9-11-5-7-13(15)8-6-11/h2-10H,1H3. The zero-order chi connectivity index (χ0) is 11.4. The summed E-state index contributed by atoms with van der Waals surface area (Å²) < 4.78 is 5.17. The maximum Gasteiger partial charge on any atom is 0.119 e. The Morgan fingerprint density at radius 2 is 1.75 bits per heavy atom. The van der Waals surface area contributed by atoms with Crippen LogP contribution in [0.4, 0.5) is 0 Å². The quantitative estimate of drug-likeness (QED) is 0.777. The van der Waals surface area contributed by atoms with Gasteiger partial charge >= 0.3 is 0 Å². The summed E-state index contributed by atoms with van der Waals surface area (Å²) in [5, 5.41) is 0.753. The lowest BCUT2D eigenvalue weighted by Crippen LogP contribution is -1.87. The minimum absolute atomic E-state index is 0.753. The molecule has 0 bridgehead atoms. The molecule has 2 aromatic carbocycles. The van der Waals surface area contributed by atoms with E-state index in [4.69, 9.17) is 16.3 Å². The Kier molecular flexibility index (Phi) is 3.47. The monoisotopic (exact) mass is 231 g/mol. The van der Waals surface area contributed by atoms with E-state index >= 15 is 0 Å². The highest BCUT2D eigenvalue weighted by Gasteiger charge is 1.98. The molecule has 1 nitrogen and oxygen atoms in total. The van der Waals surface area contributed by atoms with Gasteiger partial charge in [-0.05, 0) is 35.4 Å². The fourth-order valence-corrected chi connectivity index (χ4v) is 1.61. The summed E-state index contributed by atoms with van der Waals surface area (Å²) in [4.78, 5) is 0. The van der Waals surface area contributed by atoms with Gasteiger partial charge in [-0.3, -0.25) is 0 Å². The van der Waals surface area contributed by atoms with E-state index in [1.54, 1.807) is 7.11 Å². The van der Waals surface area contributed by atoms with E-state index in [9.17, 15) is 0 Å². The fourth-order valence-electron chi connectivity index (χ4n) is 1.48. The van der Waals surface area contributed by atoms with Crippen molar-refractivity contribution in [2.45, 2.75) is 0 Å². The van der Waals surface area contributed by atoms with Crippen LogP contribution < -0.4 is 4.74 Å². The summed E-state index contributed by atoms with van der Waals surface area (Å²) in [7, 11) is 1.67. The molecule has 81 valence electrons. The van der Waals surface area contributed by atoms with Crippen molar-refractivity contribution in [2.24, 2.45) is 0 Å². The van der Waals surface area contributed by atoms with Crippen LogP contribution in [0.3, 0.4) is 0 Å². The van der Waals surface area contributed by atoms with Gasteiger partial charge in [0.25, 0.3) is 0 Å². The molecule has 0 aliphatic carbocycles. The zero-order valence-electron chi connectivity index (χ0n) is 8.98. The second kappa shape index (κ2) is 5.04. The molecular formula is C14H12ClO. The van der Waals surface area contributed by atoms with Gasteiger partial charge in [0.2, 0.25) is 0 Å². The first kappa shape index (κ1) is 11.0. The van der Waals surface area contributed by atoms with Crippen LogP contribution in [0.25, 0.3) is 0 Å². The maximum atomic E-state index is 5.83. The van der Waals surface area contributed by atoms with Crippen LogP contribution in [0, 0.1) is 6.42 Å². The van der Waals surface area contributed by atoms with Crippen molar-refractivity contribution in [3.63, 3.8) is 0 Å². The molecule has 0 aliphatic rings. The van der Waals surface area contributed by atoms with Gasteiger partial charge in [-0.2, -0.15) is 0 Å². The van der Waals surface area contributed by atoms with Crippen molar-refractivity contribution in [1.82, 2.24) is 0 Å². The van der Waals surface area contributed by atoms with E-state index in [-0.39, 0.29) is 0 Å². The number of halogens is 1. The SMILES string of the molecule is COc1cccc([CH]c2ccc(Cl)cc2)c1. The Hall–Kier alpha value is -1.47. The minimum Gasteiger partial charge on any atom is -0.497 e. The van der Waals surface area contributed by atoms with Gasteiger partial charge in [-0.25, -0.2) is 0 Å². The average molecular weight is 232 g/mol. The first-order valence-electron chi connectivity index (χ1n) is 5.02.